The van der Waals surface area contributed by atoms with E-state index in [0.717, 1.165) is 16.9 Å². The SMILES string of the molecule is COC(=O)c1sc(N2C(=O)C(O)=C(C(=O)C=Cc3ccccc3)C2c2cc(OC)c(OC)c(OC)c2)nc1C. The molecule has 3 aromatic rings. The van der Waals surface area contributed by atoms with Gasteiger partial charge in [0, 0.05) is 0 Å². The number of ketones is 1. The number of esters is 1. The lowest BCUT2D eigenvalue weighted by Gasteiger charge is -2.25. The van der Waals surface area contributed by atoms with Crippen molar-refractivity contribution in [2.45, 2.75) is 13.0 Å². The van der Waals surface area contributed by atoms with Crippen molar-refractivity contribution in [1.29, 1.82) is 0 Å². The Morgan fingerprint density at radius 2 is 1.67 bits per heavy atom. The Hall–Kier alpha value is -4.64. The number of thiazole rings is 1. The van der Waals surface area contributed by atoms with Crippen molar-refractivity contribution in [3.05, 3.63) is 81.6 Å². The summed E-state index contributed by atoms with van der Waals surface area (Å²) in [4.78, 5) is 45.0. The van der Waals surface area contributed by atoms with E-state index in [2.05, 4.69) is 4.98 Å². The predicted octanol–water partition coefficient (Wildman–Crippen LogP) is 4.45. The zero-order chi connectivity index (χ0) is 28.3. The fraction of sp³-hybridized carbons (Fsp3) is 0.214. The number of rotatable bonds is 9. The first-order valence-corrected chi connectivity index (χ1v) is 12.5. The Kier molecular flexibility index (Phi) is 8.01. The Balaban J connectivity index is 1.90. The minimum Gasteiger partial charge on any atom is -0.503 e. The number of methoxy groups -OCH3 is 4. The number of aliphatic hydroxyl groups excluding tert-OH is 1. The average Bonchev–Trinajstić information content (AvgIpc) is 3.47. The van der Waals surface area contributed by atoms with Crippen molar-refractivity contribution in [3.63, 3.8) is 0 Å². The maximum atomic E-state index is 13.5. The van der Waals surface area contributed by atoms with Crippen LogP contribution in [0.25, 0.3) is 6.08 Å². The number of hydrogen-bond donors (Lipinski definition) is 1. The van der Waals surface area contributed by atoms with Crippen LogP contribution in [-0.4, -0.2) is 56.2 Å². The first-order chi connectivity index (χ1) is 18.7. The Morgan fingerprint density at radius 1 is 1.03 bits per heavy atom. The van der Waals surface area contributed by atoms with Crippen LogP contribution >= 0.6 is 11.3 Å². The lowest BCUT2D eigenvalue weighted by atomic mass is 9.95. The van der Waals surface area contributed by atoms with Crippen LogP contribution in [0.15, 0.2) is 59.9 Å². The van der Waals surface area contributed by atoms with Gasteiger partial charge in [0.05, 0.1) is 45.7 Å². The molecule has 1 unspecified atom stereocenters. The topological polar surface area (TPSA) is 124 Å². The smallest absolute Gasteiger partial charge is 0.350 e. The monoisotopic (exact) mass is 550 g/mol. The number of allylic oxidation sites excluding steroid dienone is 1. The van der Waals surface area contributed by atoms with E-state index >= 15 is 0 Å². The molecular formula is C28H26N2O8S. The van der Waals surface area contributed by atoms with Gasteiger partial charge < -0.3 is 24.1 Å². The number of aromatic nitrogens is 1. The summed E-state index contributed by atoms with van der Waals surface area (Å²) in [6.07, 6.45) is 2.88. The van der Waals surface area contributed by atoms with E-state index in [1.165, 1.54) is 39.4 Å². The second kappa shape index (κ2) is 11.4. The molecule has 0 bridgehead atoms. The zero-order valence-electron chi connectivity index (χ0n) is 21.9. The van der Waals surface area contributed by atoms with E-state index in [9.17, 15) is 19.5 Å². The normalized spacial score (nSPS) is 15.2. The molecule has 1 N–H and O–H groups in total. The minimum atomic E-state index is -1.13. The zero-order valence-corrected chi connectivity index (χ0v) is 22.7. The number of aliphatic hydroxyl groups is 1. The standard InChI is InChI=1S/C28H26N2O8S/c1-15-25(27(34)38-5)39-28(29-15)30-22(17-13-19(35-2)24(37-4)20(14-17)36-3)21(23(32)26(30)33)18(31)12-11-16-9-7-6-8-10-16/h6-14,22,32H,1-5H3. The number of anilines is 1. The molecule has 2 heterocycles. The van der Waals surface area contributed by atoms with Crippen LogP contribution in [0, 0.1) is 6.92 Å². The molecule has 10 nitrogen and oxygen atoms in total. The van der Waals surface area contributed by atoms with Gasteiger partial charge in [-0.25, -0.2) is 9.78 Å². The molecule has 0 fully saturated rings. The molecule has 1 aliphatic rings. The molecule has 1 amide bonds. The second-order valence-corrected chi connectivity index (χ2v) is 9.29. The Labute approximate surface area is 228 Å². The van der Waals surface area contributed by atoms with Crippen LogP contribution in [0.1, 0.15) is 32.5 Å². The highest BCUT2D eigenvalue weighted by atomic mass is 32.1. The molecular weight excluding hydrogens is 524 g/mol. The number of ether oxygens (including phenoxy) is 4. The summed E-state index contributed by atoms with van der Waals surface area (Å²) < 4.78 is 21.2. The lowest BCUT2D eigenvalue weighted by molar-refractivity contribution is -0.117. The Bertz CT molecular complexity index is 1470. The van der Waals surface area contributed by atoms with E-state index < -0.39 is 29.5 Å². The van der Waals surface area contributed by atoms with Gasteiger partial charge in [-0.05, 0) is 36.3 Å². The van der Waals surface area contributed by atoms with E-state index in [-0.39, 0.29) is 27.1 Å². The van der Waals surface area contributed by atoms with Crippen molar-refractivity contribution >= 4 is 40.2 Å². The maximum Gasteiger partial charge on any atom is 0.350 e. The molecule has 11 heteroatoms. The summed E-state index contributed by atoms with van der Waals surface area (Å²) in [6, 6.07) is 11.2. The minimum absolute atomic E-state index is 0.0954. The number of benzene rings is 2. The fourth-order valence-corrected chi connectivity index (χ4v) is 5.23. The highest BCUT2D eigenvalue weighted by Gasteiger charge is 2.46. The van der Waals surface area contributed by atoms with Gasteiger partial charge >= 0.3 is 5.97 Å². The summed E-state index contributed by atoms with van der Waals surface area (Å²) in [5, 5.41) is 11.1. The third-order valence-corrected chi connectivity index (χ3v) is 7.20. The van der Waals surface area contributed by atoms with Gasteiger partial charge in [-0.15, -0.1) is 0 Å². The molecule has 0 saturated heterocycles. The largest absolute Gasteiger partial charge is 0.503 e. The van der Waals surface area contributed by atoms with Crippen LogP contribution in [0.4, 0.5) is 5.13 Å². The van der Waals surface area contributed by atoms with Crippen LogP contribution < -0.4 is 19.1 Å². The summed E-state index contributed by atoms with van der Waals surface area (Å²) >= 11 is 0.910. The number of amides is 1. The van der Waals surface area contributed by atoms with Crippen molar-refractivity contribution < 1.29 is 38.4 Å². The highest BCUT2D eigenvalue weighted by Crippen LogP contribution is 2.47. The molecule has 2 aromatic carbocycles. The number of carbonyl (C=O) groups excluding carboxylic acids is 3. The fourth-order valence-electron chi connectivity index (χ4n) is 4.22. The molecule has 1 atom stereocenters. The maximum absolute atomic E-state index is 13.5. The van der Waals surface area contributed by atoms with Gasteiger partial charge in [0.15, 0.2) is 28.2 Å². The van der Waals surface area contributed by atoms with Crippen LogP contribution in [0.3, 0.4) is 0 Å². The van der Waals surface area contributed by atoms with Gasteiger partial charge in [0.25, 0.3) is 5.91 Å². The summed E-state index contributed by atoms with van der Waals surface area (Å²) in [5.74, 6) is -1.92. The third kappa shape index (κ3) is 5.08. The van der Waals surface area contributed by atoms with Gasteiger partial charge in [-0.1, -0.05) is 47.7 Å². The molecule has 0 aliphatic carbocycles. The quantitative estimate of drug-likeness (QED) is 0.304. The molecule has 0 spiro atoms. The lowest BCUT2D eigenvalue weighted by Crippen LogP contribution is -2.31. The highest BCUT2D eigenvalue weighted by molar-refractivity contribution is 7.17. The van der Waals surface area contributed by atoms with Crippen molar-refractivity contribution in [2.24, 2.45) is 0 Å². The first-order valence-electron chi connectivity index (χ1n) is 11.6. The van der Waals surface area contributed by atoms with Gasteiger partial charge in [-0.2, -0.15) is 0 Å². The van der Waals surface area contributed by atoms with Crippen LogP contribution in [0.5, 0.6) is 17.2 Å². The van der Waals surface area contributed by atoms with Crippen molar-refractivity contribution in [2.75, 3.05) is 33.3 Å². The van der Waals surface area contributed by atoms with Gasteiger partial charge in [-0.3, -0.25) is 14.5 Å². The summed E-state index contributed by atoms with van der Waals surface area (Å²) in [6.45, 7) is 1.60. The van der Waals surface area contributed by atoms with Crippen LogP contribution in [0.2, 0.25) is 0 Å². The molecule has 0 saturated carbocycles. The molecule has 4 rings (SSSR count). The van der Waals surface area contributed by atoms with E-state index in [4.69, 9.17) is 18.9 Å². The summed E-state index contributed by atoms with van der Waals surface area (Å²) in [5.41, 5.74) is 1.30. The van der Waals surface area contributed by atoms with Crippen LogP contribution in [-0.2, 0) is 14.3 Å². The van der Waals surface area contributed by atoms with E-state index in [1.54, 1.807) is 25.1 Å². The van der Waals surface area contributed by atoms with Gasteiger partial charge in [0.1, 0.15) is 4.88 Å². The third-order valence-electron chi connectivity index (χ3n) is 6.07. The summed E-state index contributed by atoms with van der Waals surface area (Å²) in [7, 11) is 5.57. The van der Waals surface area contributed by atoms with Crippen molar-refractivity contribution in [1.82, 2.24) is 4.98 Å². The number of aryl methyl sites for hydroxylation is 1. The number of hydrogen-bond acceptors (Lipinski definition) is 10. The first kappa shape index (κ1) is 27.4. The Morgan fingerprint density at radius 3 is 2.23 bits per heavy atom. The molecule has 202 valence electrons. The molecule has 0 radical (unpaired) electrons. The van der Waals surface area contributed by atoms with Crippen molar-refractivity contribution in [3.8, 4) is 17.2 Å². The molecule has 1 aromatic heterocycles. The number of nitrogens with zero attached hydrogens (tertiary/aromatic N) is 2. The number of carbonyl (C=O) groups is 3. The molecule has 39 heavy (non-hydrogen) atoms. The molecule has 1 aliphatic heterocycles. The average molecular weight is 551 g/mol. The van der Waals surface area contributed by atoms with Gasteiger partial charge in [0.2, 0.25) is 5.75 Å². The van der Waals surface area contributed by atoms with E-state index in [0.29, 0.717) is 17.0 Å². The predicted molar refractivity (Wildman–Crippen MR) is 145 cm³/mol. The van der Waals surface area contributed by atoms with E-state index in [1.807, 2.05) is 30.3 Å². The second-order valence-electron chi connectivity index (χ2n) is 8.31.